The molecule has 15 heteroatoms. The molecule has 384 valence electrons. The highest BCUT2D eigenvalue weighted by molar-refractivity contribution is 6.03. The smallest absolute Gasteiger partial charge is 0.417 e. The van der Waals surface area contributed by atoms with Crippen molar-refractivity contribution in [2.75, 3.05) is 46.0 Å². The van der Waals surface area contributed by atoms with E-state index in [9.17, 15) is 19.4 Å². The number of fused-ring (bicyclic) bond motifs is 2. The third-order valence-electron chi connectivity index (χ3n) is 15.1. The normalized spacial score (nSPS) is 25.3. The molecule has 2 aliphatic heterocycles. The summed E-state index contributed by atoms with van der Waals surface area (Å²) in [6, 6.07) is 15.9. The van der Waals surface area contributed by atoms with E-state index in [1.54, 1.807) is 55.7 Å². The Kier molecular flexibility index (Phi) is 18.1. The van der Waals surface area contributed by atoms with Crippen molar-refractivity contribution < 1.29 is 57.5 Å². The zero-order valence-electron chi connectivity index (χ0n) is 41.4. The lowest BCUT2D eigenvalue weighted by atomic mass is 9.55. The van der Waals surface area contributed by atoms with Crippen molar-refractivity contribution in [3.8, 4) is 23.0 Å². The monoisotopic (exact) mass is 982 g/mol. The Labute approximate surface area is 417 Å². The Morgan fingerprint density at radius 1 is 0.915 bits per heavy atom. The zero-order chi connectivity index (χ0) is 49.7. The predicted octanol–water partition coefficient (Wildman–Crippen LogP) is 10.6. The molecule has 5 aliphatic rings. The quantitative estimate of drug-likeness (QED) is 0.0470. The second kappa shape index (κ2) is 24.8. The molecule has 7 unspecified atom stereocenters. The summed E-state index contributed by atoms with van der Waals surface area (Å²) in [7, 11) is 3.05. The minimum atomic E-state index is -1.52. The molecule has 3 aromatic carbocycles. The molecule has 14 nitrogen and oxygen atoms in total. The van der Waals surface area contributed by atoms with E-state index in [1.807, 2.05) is 11.0 Å². The second-order valence-electron chi connectivity index (χ2n) is 19.6. The summed E-state index contributed by atoms with van der Waals surface area (Å²) in [4.78, 5) is 37.2. The van der Waals surface area contributed by atoms with Gasteiger partial charge in [0.1, 0.15) is 34.9 Å². The van der Waals surface area contributed by atoms with Gasteiger partial charge in [0.2, 0.25) is 18.0 Å². The summed E-state index contributed by atoms with van der Waals surface area (Å²) in [6.45, 7) is 4.98. The third-order valence-corrected chi connectivity index (χ3v) is 15.1. The van der Waals surface area contributed by atoms with Crippen LogP contribution in [0.2, 0.25) is 0 Å². The molecule has 8 rings (SSSR count). The van der Waals surface area contributed by atoms with E-state index in [0.29, 0.717) is 66.9 Å². The van der Waals surface area contributed by atoms with Crippen LogP contribution in [-0.4, -0.2) is 91.6 Å². The van der Waals surface area contributed by atoms with Crippen LogP contribution in [0.25, 0.3) is 0 Å². The number of rotatable bonds is 23. The number of hydrogen-bond acceptors (Lipinski definition) is 12. The molecule has 2 amide bonds. The SMILES string of the molecule is C=CCOC12Oc3ccc(OC(=O)Nc4ccc(OC)cc4OC)cc3C3C(CCCCO)C(CCCCO)C=C(C(=NOC4CCCCO4)CC1N(Cc1ccc(F)cc1)C(=O)CCC1CCCC1)C32. The van der Waals surface area contributed by atoms with Gasteiger partial charge in [-0.15, -0.1) is 6.58 Å². The minimum Gasteiger partial charge on any atom is -0.497 e. The van der Waals surface area contributed by atoms with Gasteiger partial charge < -0.3 is 48.4 Å². The van der Waals surface area contributed by atoms with Crippen molar-refractivity contribution in [2.24, 2.45) is 28.8 Å². The van der Waals surface area contributed by atoms with Gasteiger partial charge in [0.25, 0.3) is 0 Å². The van der Waals surface area contributed by atoms with Crippen molar-refractivity contribution in [3.05, 3.63) is 102 Å². The molecule has 0 bridgehead atoms. The number of carbonyl (C=O) groups is 2. The topological polar surface area (TPSA) is 167 Å². The molecular formula is C56H72FN3O11. The molecule has 3 fully saturated rings. The highest BCUT2D eigenvalue weighted by Gasteiger charge is 2.65. The third kappa shape index (κ3) is 12.2. The number of hydrogen-bond donors (Lipinski definition) is 3. The molecule has 3 aromatic rings. The van der Waals surface area contributed by atoms with Crippen molar-refractivity contribution in [1.29, 1.82) is 0 Å². The first-order valence-corrected chi connectivity index (χ1v) is 25.8. The number of benzene rings is 3. The van der Waals surface area contributed by atoms with Crippen LogP contribution in [0.5, 0.6) is 23.0 Å². The maximum absolute atomic E-state index is 15.3. The molecule has 2 saturated carbocycles. The first-order chi connectivity index (χ1) is 34.7. The van der Waals surface area contributed by atoms with E-state index < -0.39 is 30.1 Å². The lowest BCUT2D eigenvalue weighted by molar-refractivity contribution is -0.258. The number of halogens is 1. The van der Waals surface area contributed by atoms with Gasteiger partial charge in [0, 0.05) is 56.6 Å². The number of aliphatic hydroxyl groups is 2. The number of ether oxygens (including phenoxy) is 6. The standard InChI is InChI=1S/C56H72FN3O11/c1-4-30-68-56-50(60(36-38-18-21-40(57)22-19-38)51(63)27-20-37-13-5-6-14-37)35-47(59-71-52-17-9-12-31-67-52)44-32-39(15-7-10-28-61)43(16-8-11-29-62)53(54(44)56)45-33-42(24-26-48(45)70-56)69-55(64)58-46-25-23-41(65-2)34-49(46)66-3/h4,18-19,21-26,32-34,37,39,43,50,52-54,61-62H,1,5-17,20,27-31,35-36H2,2-3H3,(H,58,64). The summed E-state index contributed by atoms with van der Waals surface area (Å²) >= 11 is 0. The minimum absolute atomic E-state index is 0.0222. The Morgan fingerprint density at radius 3 is 2.39 bits per heavy atom. The van der Waals surface area contributed by atoms with Gasteiger partial charge in [-0.2, -0.15) is 0 Å². The number of allylic oxidation sites excluding steroid dienone is 1. The molecule has 3 N–H and O–H groups in total. The first-order valence-electron chi connectivity index (χ1n) is 25.8. The Bertz CT molecular complexity index is 2330. The molecule has 71 heavy (non-hydrogen) atoms. The largest absolute Gasteiger partial charge is 0.497 e. The van der Waals surface area contributed by atoms with Crippen LogP contribution >= 0.6 is 0 Å². The van der Waals surface area contributed by atoms with Gasteiger partial charge in [-0.05, 0) is 116 Å². The molecule has 7 atom stereocenters. The summed E-state index contributed by atoms with van der Waals surface area (Å²) in [5.41, 5.74) is 3.46. The number of aliphatic hydroxyl groups excluding tert-OH is 2. The van der Waals surface area contributed by atoms with Crippen LogP contribution in [0.1, 0.15) is 120 Å². The molecule has 0 aromatic heterocycles. The van der Waals surface area contributed by atoms with Crippen LogP contribution in [0, 0.1) is 29.5 Å². The average molecular weight is 982 g/mol. The van der Waals surface area contributed by atoms with Gasteiger partial charge in [-0.25, -0.2) is 9.18 Å². The van der Waals surface area contributed by atoms with Gasteiger partial charge in [0.15, 0.2) is 0 Å². The Morgan fingerprint density at radius 2 is 1.68 bits per heavy atom. The molecule has 0 spiro atoms. The van der Waals surface area contributed by atoms with E-state index in [1.165, 1.54) is 19.2 Å². The van der Waals surface area contributed by atoms with Crippen molar-refractivity contribution >= 4 is 23.4 Å². The molecule has 2 heterocycles. The zero-order valence-corrected chi connectivity index (χ0v) is 41.4. The van der Waals surface area contributed by atoms with Crippen LogP contribution in [-0.2, 0) is 25.7 Å². The fourth-order valence-electron chi connectivity index (χ4n) is 11.7. The van der Waals surface area contributed by atoms with Crippen LogP contribution in [0.3, 0.4) is 0 Å². The van der Waals surface area contributed by atoms with E-state index in [-0.39, 0.29) is 68.0 Å². The van der Waals surface area contributed by atoms with Crippen molar-refractivity contribution in [2.45, 2.75) is 133 Å². The number of unbranched alkanes of at least 4 members (excludes halogenated alkanes) is 2. The van der Waals surface area contributed by atoms with Crippen LogP contribution < -0.4 is 24.3 Å². The maximum Gasteiger partial charge on any atom is 0.417 e. The van der Waals surface area contributed by atoms with Gasteiger partial charge in [0.05, 0.1) is 44.8 Å². The molecular weight excluding hydrogens is 910 g/mol. The Hall–Kier alpha value is -5.48. The van der Waals surface area contributed by atoms with E-state index in [4.69, 9.17) is 38.4 Å². The number of methoxy groups -OCH3 is 2. The molecule has 3 aliphatic carbocycles. The summed E-state index contributed by atoms with van der Waals surface area (Å²) in [5, 5.41) is 27.9. The van der Waals surface area contributed by atoms with Gasteiger partial charge in [-0.1, -0.05) is 68.0 Å². The fourth-order valence-corrected chi connectivity index (χ4v) is 11.7. The summed E-state index contributed by atoms with van der Waals surface area (Å²) in [6.07, 6.45) is 15.2. The number of amides is 2. The number of nitrogens with one attached hydrogen (secondary N) is 1. The number of anilines is 1. The summed E-state index contributed by atoms with van der Waals surface area (Å²) in [5.74, 6) is -0.806. The van der Waals surface area contributed by atoms with Crippen molar-refractivity contribution in [1.82, 2.24) is 4.90 Å². The van der Waals surface area contributed by atoms with E-state index in [0.717, 1.165) is 87.3 Å². The average Bonchev–Trinajstić information content (AvgIpc) is 3.92. The lowest BCUT2D eigenvalue weighted by Crippen LogP contribution is -2.70. The second-order valence-corrected chi connectivity index (χ2v) is 19.6. The highest BCUT2D eigenvalue weighted by atomic mass is 19.1. The van der Waals surface area contributed by atoms with Crippen LogP contribution in [0.4, 0.5) is 14.9 Å². The molecule has 1 saturated heterocycles. The number of oxime groups is 1. The van der Waals surface area contributed by atoms with Crippen LogP contribution in [0.15, 0.2) is 90.1 Å². The van der Waals surface area contributed by atoms with Crippen molar-refractivity contribution in [3.63, 3.8) is 0 Å². The van der Waals surface area contributed by atoms with E-state index >= 15 is 4.79 Å². The maximum atomic E-state index is 15.3. The summed E-state index contributed by atoms with van der Waals surface area (Å²) < 4.78 is 52.1. The number of carbonyl (C=O) groups excluding carboxylic acids is 2. The molecule has 0 radical (unpaired) electrons. The highest BCUT2D eigenvalue weighted by Crippen LogP contribution is 2.62. The number of nitrogens with zero attached hydrogens (tertiary/aromatic N) is 2. The lowest BCUT2D eigenvalue weighted by Gasteiger charge is -2.60. The predicted molar refractivity (Wildman–Crippen MR) is 267 cm³/mol. The van der Waals surface area contributed by atoms with Gasteiger partial charge in [-0.3, -0.25) is 10.1 Å². The Balaban J connectivity index is 1.29. The first kappa shape index (κ1) is 51.9. The van der Waals surface area contributed by atoms with E-state index in [2.05, 4.69) is 18.0 Å². The fraction of sp³-hybridized carbons (Fsp3) is 0.554. The van der Waals surface area contributed by atoms with Gasteiger partial charge >= 0.3 is 6.09 Å².